The summed E-state index contributed by atoms with van der Waals surface area (Å²) >= 11 is 0. The fourth-order valence-electron chi connectivity index (χ4n) is 1.59. The van der Waals surface area contributed by atoms with E-state index in [1.54, 1.807) is 0 Å². The van der Waals surface area contributed by atoms with Gasteiger partial charge in [0, 0.05) is 13.0 Å². The molecule has 0 aliphatic carbocycles. The molecule has 0 radical (unpaired) electrons. The molecule has 0 heterocycles. The van der Waals surface area contributed by atoms with Gasteiger partial charge in [-0.25, -0.2) is 0 Å². The number of ether oxygens (including phenoxy) is 1. The van der Waals surface area contributed by atoms with Crippen LogP contribution in [0.5, 0.6) is 11.5 Å². The number of nitrogens with one attached hydrogen (secondary N) is 1. The van der Waals surface area contributed by atoms with Crippen LogP contribution in [-0.2, 0) is 11.0 Å². The van der Waals surface area contributed by atoms with E-state index in [-0.39, 0.29) is 18.7 Å². The molecule has 122 valence electrons. The van der Waals surface area contributed by atoms with Crippen molar-refractivity contribution in [3.05, 3.63) is 27.8 Å². The zero-order chi connectivity index (χ0) is 16.9. The van der Waals surface area contributed by atoms with Crippen molar-refractivity contribution < 1.29 is 32.5 Å². The van der Waals surface area contributed by atoms with Crippen LogP contribution in [0.3, 0.4) is 0 Å². The number of nitro benzene ring substituents is 1. The molecule has 0 saturated carbocycles. The lowest BCUT2D eigenvalue weighted by Gasteiger charge is -2.14. The molecule has 1 N–H and O–H groups in total. The van der Waals surface area contributed by atoms with Crippen LogP contribution in [-0.4, -0.2) is 24.4 Å². The number of nitrogens with zero attached hydrogens (tertiary/aromatic N) is 1. The predicted octanol–water partition coefficient (Wildman–Crippen LogP) is 2.48. The van der Waals surface area contributed by atoms with Crippen LogP contribution < -0.4 is 15.1 Å². The van der Waals surface area contributed by atoms with Crippen molar-refractivity contribution in [3.8, 4) is 11.5 Å². The highest BCUT2D eigenvalue weighted by Gasteiger charge is 2.39. The normalized spacial score (nSPS) is 11.1. The van der Waals surface area contributed by atoms with Crippen LogP contribution >= 0.6 is 0 Å². The second-order valence-corrected chi connectivity index (χ2v) is 4.20. The van der Waals surface area contributed by atoms with Gasteiger partial charge in [-0.1, -0.05) is 0 Å². The predicted molar refractivity (Wildman–Crippen MR) is 68.6 cm³/mol. The molecule has 0 aliphatic rings. The van der Waals surface area contributed by atoms with E-state index in [2.05, 4.69) is 10.2 Å². The van der Waals surface area contributed by atoms with Crippen LogP contribution in [0.2, 0.25) is 0 Å². The SMILES string of the molecule is COc1c(C(F)(F)F)ccc(ONCCC(C)=O)c1[N+](=O)[O-]. The Hall–Kier alpha value is -2.36. The molecule has 0 fully saturated rings. The number of hydrogen-bond donors (Lipinski definition) is 1. The quantitative estimate of drug-likeness (QED) is 0.471. The maximum atomic E-state index is 12.8. The van der Waals surface area contributed by atoms with Gasteiger partial charge in [-0.15, -0.1) is 0 Å². The molecule has 0 bridgehead atoms. The third-order valence-corrected chi connectivity index (χ3v) is 2.55. The highest BCUT2D eigenvalue weighted by molar-refractivity contribution is 5.75. The zero-order valence-electron chi connectivity index (χ0n) is 11.7. The Morgan fingerprint density at radius 2 is 2.05 bits per heavy atom. The monoisotopic (exact) mass is 322 g/mol. The second-order valence-electron chi connectivity index (χ2n) is 4.20. The van der Waals surface area contributed by atoms with Crippen LogP contribution in [0.4, 0.5) is 18.9 Å². The van der Waals surface area contributed by atoms with Gasteiger partial charge in [-0.2, -0.15) is 18.7 Å². The third kappa shape index (κ3) is 4.32. The summed E-state index contributed by atoms with van der Waals surface area (Å²) in [5.41, 5.74) is 0.0446. The Kier molecular flexibility index (Phi) is 5.69. The number of carbonyl (C=O) groups is 1. The fraction of sp³-hybridized carbons (Fsp3) is 0.417. The number of rotatable bonds is 7. The summed E-state index contributed by atoms with van der Waals surface area (Å²) in [6.45, 7) is 1.39. The molecule has 0 unspecified atom stereocenters. The van der Waals surface area contributed by atoms with E-state index in [1.807, 2.05) is 0 Å². The van der Waals surface area contributed by atoms with Gasteiger partial charge in [0.2, 0.25) is 11.5 Å². The molecule has 0 atom stereocenters. The molecular weight excluding hydrogens is 309 g/mol. The van der Waals surface area contributed by atoms with Crippen molar-refractivity contribution in [2.24, 2.45) is 0 Å². The summed E-state index contributed by atoms with van der Waals surface area (Å²) in [6.07, 6.45) is -4.71. The van der Waals surface area contributed by atoms with E-state index in [0.29, 0.717) is 6.07 Å². The molecule has 0 aromatic heterocycles. The fourth-order valence-corrected chi connectivity index (χ4v) is 1.59. The van der Waals surface area contributed by atoms with Gasteiger partial charge in [0.15, 0.2) is 0 Å². The number of benzene rings is 1. The Balaban J connectivity index is 3.13. The number of carbonyl (C=O) groups excluding carboxylic acids is 1. The van der Waals surface area contributed by atoms with Crippen molar-refractivity contribution >= 4 is 11.5 Å². The number of alkyl halides is 3. The zero-order valence-corrected chi connectivity index (χ0v) is 11.7. The molecule has 10 heteroatoms. The lowest BCUT2D eigenvalue weighted by atomic mass is 10.1. The minimum absolute atomic E-state index is 0.0514. The van der Waals surface area contributed by atoms with Gasteiger partial charge in [-0.3, -0.25) is 14.9 Å². The van der Waals surface area contributed by atoms with Gasteiger partial charge in [0.25, 0.3) is 0 Å². The van der Waals surface area contributed by atoms with Crippen molar-refractivity contribution in [2.75, 3.05) is 13.7 Å². The van der Waals surface area contributed by atoms with Crippen LogP contribution in [0.15, 0.2) is 12.1 Å². The summed E-state index contributed by atoms with van der Waals surface area (Å²) in [5, 5.41) is 11.0. The Bertz CT molecular complexity index is 575. The van der Waals surface area contributed by atoms with E-state index in [1.165, 1.54) is 6.92 Å². The van der Waals surface area contributed by atoms with Crippen LogP contribution in [0, 0.1) is 10.1 Å². The molecule has 0 spiro atoms. The minimum atomic E-state index is -4.81. The number of nitro groups is 1. The number of halogens is 3. The van der Waals surface area contributed by atoms with Crippen molar-refractivity contribution in [2.45, 2.75) is 19.5 Å². The highest BCUT2D eigenvalue weighted by atomic mass is 19.4. The number of hydrogen-bond acceptors (Lipinski definition) is 6. The van der Waals surface area contributed by atoms with E-state index in [9.17, 15) is 28.1 Å². The van der Waals surface area contributed by atoms with Gasteiger partial charge in [-0.05, 0) is 19.1 Å². The van der Waals surface area contributed by atoms with E-state index in [0.717, 1.165) is 13.2 Å². The third-order valence-electron chi connectivity index (χ3n) is 2.55. The molecule has 1 aromatic rings. The molecule has 0 saturated heterocycles. The summed E-state index contributed by atoms with van der Waals surface area (Å²) in [7, 11) is 0.893. The topological polar surface area (TPSA) is 90.7 Å². The smallest absolute Gasteiger partial charge is 0.420 e. The number of ketones is 1. The first-order valence-electron chi connectivity index (χ1n) is 6.00. The van der Waals surface area contributed by atoms with Crippen LogP contribution in [0.25, 0.3) is 0 Å². The lowest BCUT2D eigenvalue weighted by Crippen LogP contribution is -2.22. The molecule has 0 amide bonds. The van der Waals surface area contributed by atoms with E-state index < -0.39 is 33.8 Å². The number of Topliss-reactive ketones (excluding diaryl/α,β-unsaturated/α-hetero) is 1. The first kappa shape index (κ1) is 17.7. The molecule has 1 rings (SSSR count). The second kappa shape index (κ2) is 7.07. The van der Waals surface area contributed by atoms with Gasteiger partial charge < -0.3 is 9.57 Å². The minimum Gasteiger partial charge on any atom is -0.490 e. The van der Waals surface area contributed by atoms with Crippen molar-refractivity contribution in [3.63, 3.8) is 0 Å². The summed E-state index contributed by atoms with van der Waals surface area (Å²) in [6, 6.07) is 1.43. The molecule has 1 aromatic carbocycles. The maximum Gasteiger partial charge on any atom is 0.420 e. The van der Waals surface area contributed by atoms with Gasteiger partial charge >= 0.3 is 11.9 Å². The molecular formula is C12H13F3N2O5. The number of methoxy groups -OCH3 is 1. The largest absolute Gasteiger partial charge is 0.490 e. The van der Waals surface area contributed by atoms with Gasteiger partial charge in [0.05, 0.1) is 12.0 Å². The first-order chi connectivity index (χ1) is 10.2. The summed E-state index contributed by atoms with van der Waals surface area (Å²) in [5.74, 6) is -1.53. The highest BCUT2D eigenvalue weighted by Crippen LogP contribution is 2.45. The van der Waals surface area contributed by atoms with Crippen molar-refractivity contribution in [1.82, 2.24) is 5.48 Å². The standard InChI is InChI=1S/C12H13F3N2O5/c1-7(18)5-6-16-22-9-4-3-8(12(13,14)15)11(21-2)10(9)17(19)20/h3-4,16H,5-6H2,1-2H3. The summed E-state index contributed by atoms with van der Waals surface area (Å²) < 4.78 is 43.0. The summed E-state index contributed by atoms with van der Waals surface area (Å²) in [4.78, 5) is 25.6. The molecule has 7 nitrogen and oxygen atoms in total. The Morgan fingerprint density at radius 3 is 2.50 bits per heavy atom. The maximum absolute atomic E-state index is 12.8. The average Bonchev–Trinajstić information content (AvgIpc) is 2.40. The van der Waals surface area contributed by atoms with Crippen LogP contribution in [0.1, 0.15) is 18.9 Å². The lowest BCUT2D eigenvalue weighted by molar-refractivity contribution is -0.387. The number of hydroxylamine groups is 1. The van der Waals surface area contributed by atoms with Crippen molar-refractivity contribution in [1.29, 1.82) is 0 Å². The molecule has 22 heavy (non-hydrogen) atoms. The Morgan fingerprint density at radius 1 is 1.41 bits per heavy atom. The first-order valence-corrected chi connectivity index (χ1v) is 6.00. The van der Waals surface area contributed by atoms with Gasteiger partial charge in [0.1, 0.15) is 11.3 Å². The average molecular weight is 322 g/mol. The van der Waals surface area contributed by atoms with E-state index in [4.69, 9.17) is 4.84 Å². The molecule has 0 aliphatic heterocycles. The van der Waals surface area contributed by atoms with E-state index >= 15 is 0 Å². The Labute approximate surface area is 123 Å².